The van der Waals surface area contributed by atoms with Gasteiger partial charge >= 0.3 is 0 Å². The Bertz CT molecular complexity index is 226. The van der Waals surface area contributed by atoms with E-state index in [1.165, 1.54) is 0 Å². The minimum atomic E-state index is -2.83. The molecule has 1 aliphatic carbocycles. The lowest BCUT2D eigenvalue weighted by atomic mass is 10.0. The first kappa shape index (κ1) is 12.3. The lowest BCUT2D eigenvalue weighted by molar-refractivity contribution is -0.126. The van der Waals surface area contributed by atoms with E-state index in [1.54, 1.807) is 0 Å². The number of nitrogens with two attached hydrogens (primary N) is 1. The van der Waals surface area contributed by atoms with Crippen molar-refractivity contribution >= 4 is 5.91 Å². The van der Waals surface area contributed by atoms with Crippen molar-refractivity contribution in [3.63, 3.8) is 0 Å². The Labute approximate surface area is 86.8 Å². The predicted molar refractivity (Wildman–Crippen MR) is 50.3 cm³/mol. The van der Waals surface area contributed by atoms with Crippen molar-refractivity contribution in [2.75, 3.05) is 6.54 Å². The molecule has 6 heteroatoms. The molecule has 0 saturated heterocycles. The highest BCUT2D eigenvalue weighted by Gasteiger charge is 2.30. The fraction of sp³-hybridized carbons (Fsp3) is 0.889. The van der Waals surface area contributed by atoms with Gasteiger partial charge in [0.25, 0.3) is 6.43 Å². The number of hydrogen-bond donors (Lipinski definition) is 3. The standard InChI is InChI=1S/C9H16F2N2O2/c10-8(11)7(14)4-13-9(15)5-2-1-3-6(5)12/h5-8,14H,1-4,12H2,(H,13,15). The molecule has 1 aliphatic rings. The van der Waals surface area contributed by atoms with Crippen molar-refractivity contribution in [2.24, 2.45) is 11.7 Å². The minimum Gasteiger partial charge on any atom is -0.385 e. The Morgan fingerprint density at radius 3 is 2.67 bits per heavy atom. The number of aliphatic hydroxyl groups is 1. The van der Waals surface area contributed by atoms with E-state index in [0.717, 1.165) is 12.8 Å². The number of halogens is 2. The fourth-order valence-electron chi connectivity index (χ4n) is 1.74. The van der Waals surface area contributed by atoms with E-state index < -0.39 is 19.1 Å². The molecule has 3 unspecified atom stereocenters. The molecule has 0 aliphatic heterocycles. The van der Waals surface area contributed by atoms with Crippen molar-refractivity contribution < 1.29 is 18.7 Å². The summed E-state index contributed by atoms with van der Waals surface area (Å²) < 4.78 is 23.8. The largest absolute Gasteiger partial charge is 0.385 e. The van der Waals surface area contributed by atoms with Gasteiger partial charge in [0.05, 0.1) is 5.92 Å². The maximum absolute atomic E-state index is 11.9. The molecule has 88 valence electrons. The van der Waals surface area contributed by atoms with Crippen LogP contribution in [-0.2, 0) is 4.79 Å². The molecule has 4 N–H and O–H groups in total. The number of nitrogens with one attached hydrogen (secondary N) is 1. The second kappa shape index (κ2) is 5.37. The highest BCUT2D eigenvalue weighted by atomic mass is 19.3. The van der Waals surface area contributed by atoms with E-state index in [1.807, 2.05) is 0 Å². The summed E-state index contributed by atoms with van der Waals surface area (Å²) >= 11 is 0. The highest BCUT2D eigenvalue weighted by molar-refractivity contribution is 5.79. The zero-order valence-corrected chi connectivity index (χ0v) is 8.33. The molecule has 1 amide bonds. The average molecular weight is 222 g/mol. The van der Waals surface area contributed by atoms with Crippen LogP contribution in [0, 0.1) is 5.92 Å². The smallest absolute Gasteiger partial charge is 0.265 e. The molecule has 0 heterocycles. The first-order valence-electron chi connectivity index (χ1n) is 5.02. The van der Waals surface area contributed by atoms with Gasteiger partial charge in [0, 0.05) is 12.6 Å². The number of carbonyl (C=O) groups is 1. The molecule has 0 bridgehead atoms. The molecule has 0 aromatic heterocycles. The summed E-state index contributed by atoms with van der Waals surface area (Å²) in [5, 5.41) is 11.1. The van der Waals surface area contributed by atoms with Crippen molar-refractivity contribution in [3.8, 4) is 0 Å². The lowest BCUT2D eigenvalue weighted by Crippen LogP contribution is -2.42. The summed E-state index contributed by atoms with van der Waals surface area (Å²) in [5.41, 5.74) is 5.67. The predicted octanol–water partition coefficient (Wildman–Crippen LogP) is -0.144. The van der Waals surface area contributed by atoms with E-state index in [-0.39, 0.29) is 17.9 Å². The molecular formula is C9H16F2N2O2. The number of amides is 1. The molecule has 1 saturated carbocycles. The Kier molecular flexibility index (Phi) is 4.41. The van der Waals surface area contributed by atoms with E-state index >= 15 is 0 Å². The number of aliphatic hydroxyl groups excluding tert-OH is 1. The lowest BCUT2D eigenvalue weighted by Gasteiger charge is -2.16. The molecular weight excluding hydrogens is 206 g/mol. The van der Waals surface area contributed by atoms with Crippen LogP contribution in [0.1, 0.15) is 19.3 Å². The van der Waals surface area contributed by atoms with Gasteiger partial charge in [-0.1, -0.05) is 6.42 Å². The zero-order chi connectivity index (χ0) is 11.4. The Balaban J connectivity index is 2.29. The van der Waals surface area contributed by atoms with Gasteiger partial charge in [-0.05, 0) is 12.8 Å². The molecule has 0 aromatic rings. The normalized spacial score (nSPS) is 28.1. The van der Waals surface area contributed by atoms with E-state index in [2.05, 4.69) is 5.32 Å². The topological polar surface area (TPSA) is 75.4 Å². The third kappa shape index (κ3) is 3.39. The summed E-state index contributed by atoms with van der Waals surface area (Å²) in [5.74, 6) is -0.630. The maximum Gasteiger partial charge on any atom is 0.265 e. The number of alkyl halides is 2. The van der Waals surface area contributed by atoms with Crippen molar-refractivity contribution in [2.45, 2.75) is 37.8 Å². The maximum atomic E-state index is 11.9. The van der Waals surface area contributed by atoms with Gasteiger partial charge in [0.15, 0.2) is 0 Å². The molecule has 0 aromatic carbocycles. The van der Waals surface area contributed by atoms with Crippen LogP contribution in [0.4, 0.5) is 8.78 Å². The van der Waals surface area contributed by atoms with Crippen LogP contribution in [0.2, 0.25) is 0 Å². The Hall–Kier alpha value is -0.750. The van der Waals surface area contributed by atoms with Gasteiger partial charge < -0.3 is 16.2 Å². The summed E-state index contributed by atoms with van der Waals surface area (Å²) in [6.45, 7) is -0.417. The van der Waals surface area contributed by atoms with Crippen LogP contribution in [0.3, 0.4) is 0 Å². The second-order valence-electron chi connectivity index (χ2n) is 3.85. The summed E-state index contributed by atoms with van der Waals surface area (Å²) in [6.07, 6.45) is -2.27. The van der Waals surface area contributed by atoms with Crippen molar-refractivity contribution in [3.05, 3.63) is 0 Å². The summed E-state index contributed by atoms with van der Waals surface area (Å²) in [4.78, 5) is 11.4. The van der Waals surface area contributed by atoms with Crippen LogP contribution >= 0.6 is 0 Å². The van der Waals surface area contributed by atoms with Crippen LogP contribution in [-0.4, -0.2) is 36.1 Å². The SMILES string of the molecule is NC1CCCC1C(=O)NCC(O)C(F)F. The van der Waals surface area contributed by atoms with Gasteiger partial charge in [-0.25, -0.2) is 8.78 Å². The van der Waals surface area contributed by atoms with Gasteiger partial charge in [0.2, 0.25) is 5.91 Å². The van der Waals surface area contributed by atoms with Gasteiger partial charge in [-0.15, -0.1) is 0 Å². The van der Waals surface area contributed by atoms with Gasteiger partial charge in [0.1, 0.15) is 6.10 Å². The number of carbonyl (C=O) groups excluding carboxylic acids is 1. The van der Waals surface area contributed by atoms with Gasteiger partial charge in [-0.3, -0.25) is 4.79 Å². The number of rotatable bonds is 4. The summed E-state index contributed by atoms with van der Waals surface area (Å²) in [7, 11) is 0. The molecule has 1 rings (SSSR count). The number of hydrogen-bond acceptors (Lipinski definition) is 3. The third-order valence-electron chi connectivity index (χ3n) is 2.68. The quantitative estimate of drug-likeness (QED) is 0.619. The van der Waals surface area contributed by atoms with E-state index in [4.69, 9.17) is 10.8 Å². The van der Waals surface area contributed by atoms with Crippen LogP contribution in [0.15, 0.2) is 0 Å². The fourth-order valence-corrected chi connectivity index (χ4v) is 1.74. The van der Waals surface area contributed by atoms with E-state index in [0.29, 0.717) is 6.42 Å². The van der Waals surface area contributed by atoms with Crippen LogP contribution < -0.4 is 11.1 Å². The minimum absolute atomic E-state index is 0.186. The summed E-state index contributed by atoms with van der Waals surface area (Å²) in [6, 6.07) is -0.186. The second-order valence-corrected chi connectivity index (χ2v) is 3.85. The zero-order valence-electron chi connectivity index (χ0n) is 8.33. The Morgan fingerprint density at radius 1 is 1.53 bits per heavy atom. The van der Waals surface area contributed by atoms with Crippen LogP contribution in [0.5, 0.6) is 0 Å². The highest BCUT2D eigenvalue weighted by Crippen LogP contribution is 2.23. The molecule has 3 atom stereocenters. The Morgan fingerprint density at radius 2 is 2.20 bits per heavy atom. The van der Waals surface area contributed by atoms with Crippen molar-refractivity contribution in [1.29, 1.82) is 0 Å². The monoisotopic (exact) mass is 222 g/mol. The van der Waals surface area contributed by atoms with Crippen molar-refractivity contribution in [1.82, 2.24) is 5.32 Å². The van der Waals surface area contributed by atoms with E-state index in [9.17, 15) is 13.6 Å². The molecule has 4 nitrogen and oxygen atoms in total. The molecule has 15 heavy (non-hydrogen) atoms. The molecule has 1 fully saturated rings. The molecule has 0 radical (unpaired) electrons. The first-order chi connectivity index (χ1) is 7.02. The first-order valence-corrected chi connectivity index (χ1v) is 5.02. The molecule has 0 spiro atoms. The van der Waals surface area contributed by atoms with Gasteiger partial charge in [-0.2, -0.15) is 0 Å². The van der Waals surface area contributed by atoms with Crippen LogP contribution in [0.25, 0.3) is 0 Å². The third-order valence-corrected chi connectivity index (χ3v) is 2.68. The average Bonchev–Trinajstić information content (AvgIpc) is 2.60.